The van der Waals surface area contributed by atoms with Gasteiger partial charge in [0.15, 0.2) is 0 Å². The van der Waals surface area contributed by atoms with Crippen LogP contribution in [0, 0.1) is 0 Å². The maximum Gasteiger partial charge on any atom is 0.134 e. The third-order valence-electron chi connectivity index (χ3n) is 3.15. The molecular formula is C14H17Cl2N2O2-. The molecule has 0 heterocycles. The van der Waals surface area contributed by atoms with Crippen LogP contribution in [-0.2, 0) is 5.41 Å². The molecule has 2 N–H and O–H groups in total. The third-order valence-corrected chi connectivity index (χ3v) is 3.89. The zero-order chi connectivity index (χ0) is 15.2. The second kappa shape index (κ2) is 7.53. The number of carboxylic acid groups (broad SMARTS) is 1. The van der Waals surface area contributed by atoms with Crippen molar-refractivity contribution in [2.24, 2.45) is 0 Å². The summed E-state index contributed by atoms with van der Waals surface area (Å²) in [5.74, 6) is 0. The Bertz CT molecular complexity index is 494. The number of hydrogen-bond acceptors (Lipinski definition) is 3. The third kappa shape index (κ3) is 4.13. The summed E-state index contributed by atoms with van der Waals surface area (Å²) in [5, 5.41) is 17.0. The number of hydrogen-bond donors (Lipinski definition) is 2. The summed E-state index contributed by atoms with van der Waals surface area (Å²) in [6.07, 6.45) is 1.01. The molecule has 0 aliphatic carbocycles. The van der Waals surface area contributed by atoms with Crippen molar-refractivity contribution in [2.45, 2.75) is 11.8 Å². The van der Waals surface area contributed by atoms with Crippen LogP contribution in [0.1, 0.15) is 12.0 Å². The summed E-state index contributed by atoms with van der Waals surface area (Å²) in [7, 11) is 1.80. The monoisotopic (exact) mass is 315 g/mol. The minimum atomic E-state index is -1.31. The predicted molar refractivity (Wildman–Crippen MR) is 80.3 cm³/mol. The van der Waals surface area contributed by atoms with Crippen LogP contribution in [0.3, 0.4) is 0 Å². The number of carbonyl (C=O) groups is 1. The first-order valence-corrected chi connectivity index (χ1v) is 6.86. The van der Waals surface area contributed by atoms with E-state index in [-0.39, 0.29) is 6.54 Å². The first kappa shape index (κ1) is 16.8. The Morgan fingerprint density at radius 3 is 2.60 bits per heavy atom. The molecule has 110 valence electrons. The van der Waals surface area contributed by atoms with Gasteiger partial charge in [-0.15, -0.1) is 6.58 Å². The molecule has 0 bridgehead atoms. The SMILES string of the molecule is C=CCC(CNC)(CNC(=O)[O-])c1ccc(Cl)c(Cl)c1. The number of amides is 1. The zero-order valence-corrected chi connectivity index (χ0v) is 12.7. The summed E-state index contributed by atoms with van der Waals surface area (Å²) < 4.78 is 0. The standard InChI is InChI=1S/C14H18Cl2N2O2/c1-3-6-14(8-17-2,9-18-13(19)20)10-4-5-11(15)12(16)7-10/h3-5,7,17-18H,1,6,8-9H2,2H3,(H,19,20)/p-1. The average molecular weight is 316 g/mol. The molecule has 0 saturated heterocycles. The van der Waals surface area contributed by atoms with Crippen LogP contribution in [0.25, 0.3) is 0 Å². The molecule has 0 saturated carbocycles. The second-order valence-electron chi connectivity index (χ2n) is 4.57. The highest BCUT2D eigenvalue weighted by atomic mass is 35.5. The highest BCUT2D eigenvalue weighted by molar-refractivity contribution is 6.42. The van der Waals surface area contributed by atoms with E-state index in [4.69, 9.17) is 23.2 Å². The number of benzene rings is 1. The van der Waals surface area contributed by atoms with Crippen molar-refractivity contribution in [1.82, 2.24) is 10.6 Å². The topological polar surface area (TPSA) is 64.2 Å². The highest BCUT2D eigenvalue weighted by Crippen LogP contribution is 2.32. The molecule has 1 aromatic carbocycles. The minimum absolute atomic E-state index is 0.195. The van der Waals surface area contributed by atoms with Gasteiger partial charge in [0, 0.05) is 18.5 Å². The lowest BCUT2D eigenvalue weighted by atomic mass is 9.77. The highest BCUT2D eigenvalue weighted by Gasteiger charge is 2.30. The fraction of sp³-hybridized carbons (Fsp3) is 0.357. The summed E-state index contributed by atoms with van der Waals surface area (Å²) in [6, 6.07) is 5.29. The molecule has 1 unspecified atom stereocenters. The molecule has 20 heavy (non-hydrogen) atoms. The number of carbonyl (C=O) groups excluding carboxylic acids is 1. The van der Waals surface area contributed by atoms with Gasteiger partial charge in [0.2, 0.25) is 0 Å². The van der Waals surface area contributed by atoms with Crippen LogP contribution in [0.15, 0.2) is 30.9 Å². The molecule has 0 aromatic heterocycles. The fourth-order valence-electron chi connectivity index (χ4n) is 2.21. The van der Waals surface area contributed by atoms with E-state index in [1.165, 1.54) is 0 Å². The molecule has 1 rings (SSSR count). The fourth-order valence-corrected chi connectivity index (χ4v) is 2.51. The van der Waals surface area contributed by atoms with Crippen molar-refractivity contribution in [2.75, 3.05) is 20.1 Å². The average Bonchev–Trinajstić information content (AvgIpc) is 2.39. The van der Waals surface area contributed by atoms with Gasteiger partial charge >= 0.3 is 0 Å². The van der Waals surface area contributed by atoms with Crippen LogP contribution in [0.4, 0.5) is 4.79 Å². The van der Waals surface area contributed by atoms with Gasteiger partial charge in [0.05, 0.1) is 10.0 Å². The van der Waals surface area contributed by atoms with E-state index in [2.05, 4.69) is 17.2 Å². The van der Waals surface area contributed by atoms with E-state index in [1.54, 1.807) is 25.3 Å². The van der Waals surface area contributed by atoms with Gasteiger partial charge < -0.3 is 20.5 Å². The summed E-state index contributed by atoms with van der Waals surface area (Å²) in [5.41, 5.74) is 0.389. The van der Waals surface area contributed by atoms with Crippen LogP contribution < -0.4 is 15.7 Å². The molecule has 0 aliphatic rings. The molecule has 6 heteroatoms. The number of nitrogens with one attached hydrogen (secondary N) is 2. The number of allylic oxidation sites excluding steroid dienone is 1. The maximum atomic E-state index is 10.7. The van der Waals surface area contributed by atoms with Gasteiger partial charge in [-0.05, 0) is 31.2 Å². The molecule has 1 amide bonds. The predicted octanol–water partition coefficient (Wildman–Crippen LogP) is 1.96. The van der Waals surface area contributed by atoms with Crippen molar-refractivity contribution < 1.29 is 9.90 Å². The van der Waals surface area contributed by atoms with E-state index < -0.39 is 11.5 Å². The summed E-state index contributed by atoms with van der Waals surface area (Å²) in [4.78, 5) is 10.7. The van der Waals surface area contributed by atoms with Gasteiger partial charge in [0.1, 0.15) is 6.09 Å². The Hall–Kier alpha value is -1.23. The number of halogens is 2. The lowest BCUT2D eigenvalue weighted by Crippen LogP contribution is -2.49. The largest absolute Gasteiger partial charge is 0.530 e. The molecule has 1 aromatic rings. The number of likely N-dealkylation sites (N-methyl/N-ethyl adjacent to an activating group) is 1. The quantitative estimate of drug-likeness (QED) is 0.756. The van der Waals surface area contributed by atoms with E-state index >= 15 is 0 Å². The molecule has 1 atom stereocenters. The number of rotatable bonds is 7. The van der Waals surface area contributed by atoms with Gasteiger partial charge in [-0.2, -0.15) is 0 Å². The lowest BCUT2D eigenvalue weighted by Gasteiger charge is -2.34. The first-order chi connectivity index (χ1) is 9.45. The van der Waals surface area contributed by atoms with Crippen molar-refractivity contribution in [3.63, 3.8) is 0 Å². The van der Waals surface area contributed by atoms with Crippen molar-refractivity contribution >= 4 is 29.3 Å². The lowest BCUT2D eigenvalue weighted by molar-refractivity contribution is -0.251. The Kier molecular flexibility index (Phi) is 6.33. The minimum Gasteiger partial charge on any atom is -0.530 e. The molecule has 0 spiro atoms. The Morgan fingerprint density at radius 1 is 1.40 bits per heavy atom. The van der Waals surface area contributed by atoms with E-state index in [1.807, 2.05) is 6.07 Å². The van der Waals surface area contributed by atoms with Gasteiger partial charge in [0.25, 0.3) is 0 Å². The zero-order valence-electron chi connectivity index (χ0n) is 11.2. The second-order valence-corrected chi connectivity index (χ2v) is 5.39. The van der Waals surface area contributed by atoms with E-state index in [0.717, 1.165) is 5.56 Å². The van der Waals surface area contributed by atoms with Gasteiger partial charge in [-0.3, -0.25) is 0 Å². The smallest absolute Gasteiger partial charge is 0.134 e. The molecule has 0 radical (unpaired) electrons. The Labute approximate surface area is 128 Å². The van der Waals surface area contributed by atoms with Crippen LogP contribution in [0.2, 0.25) is 10.0 Å². The van der Waals surface area contributed by atoms with Crippen molar-refractivity contribution in [1.29, 1.82) is 0 Å². The first-order valence-electron chi connectivity index (χ1n) is 6.11. The molecular weight excluding hydrogens is 299 g/mol. The van der Waals surface area contributed by atoms with E-state index in [9.17, 15) is 9.90 Å². The molecule has 0 fully saturated rings. The van der Waals surface area contributed by atoms with Crippen molar-refractivity contribution in [3.05, 3.63) is 46.5 Å². The normalized spacial score (nSPS) is 13.6. The molecule has 4 nitrogen and oxygen atoms in total. The molecule has 0 aliphatic heterocycles. The van der Waals surface area contributed by atoms with Crippen LogP contribution in [-0.4, -0.2) is 26.2 Å². The maximum absolute atomic E-state index is 10.7. The summed E-state index contributed by atoms with van der Waals surface area (Å²) >= 11 is 12.0. The van der Waals surface area contributed by atoms with Gasteiger partial charge in [-0.1, -0.05) is 35.3 Å². The van der Waals surface area contributed by atoms with Gasteiger partial charge in [-0.25, -0.2) is 0 Å². The Balaban J connectivity index is 3.20. The van der Waals surface area contributed by atoms with E-state index in [0.29, 0.717) is 23.0 Å². The van der Waals surface area contributed by atoms with Crippen LogP contribution in [0.5, 0.6) is 0 Å². The summed E-state index contributed by atoms with van der Waals surface area (Å²) in [6.45, 7) is 4.49. The Morgan fingerprint density at radius 2 is 2.10 bits per heavy atom. The van der Waals surface area contributed by atoms with Crippen molar-refractivity contribution in [3.8, 4) is 0 Å². The van der Waals surface area contributed by atoms with Crippen LogP contribution >= 0.6 is 23.2 Å².